The van der Waals surface area contributed by atoms with Gasteiger partial charge in [-0.05, 0) is 60.2 Å². The van der Waals surface area contributed by atoms with Crippen molar-refractivity contribution >= 4 is 27.6 Å². The molecule has 0 heterocycles. The summed E-state index contributed by atoms with van der Waals surface area (Å²) >= 11 is 6.00. The van der Waals surface area contributed by atoms with Gasteiger partial charge < -0.3 is 13.8 Å². The standard InChI is InChI=1S/C23H21ClFNO5S/c1-30-14-13-26(23(27)18-3-2-4-19(24)15-18)16-17-5-9-21(10-6-17)31-32(28,29)22-11-7-20(25)8-12-22/h2-12,15H,13-14,16H2,1H3. The zero-order valence-electron chi connectivity index (χ0n) is 17.2. The predicted molar refractivity (Wildman–Crippen MR) is 119 cm³/mol. The summed E-state index contributed by atoms with van der Waals surface area (Å²) in [6.07, 6.45) is 0. The Morgan fingerprint density at radius 1 is 1.03 bits per heavy atom. The number of hydrogen-bond donors (Lipinski definition) is 0. The lowest BCUT2D eigenvalue weighted by atomic mass is 10.1. The molecule has 3 aromatic carbocycles. The van der Waals surface area contributed by atoms with Crippen LogP contribution in [0.15, 0.2) is 77.7 Å². The Morgan fingerprint density at radius 3 is 2.34 bits per heavy atom. The van der Waals surface area contributed by atoms with Gasteiger partial charge in [-0.1, -0.05) is 29.8 Å². The van der Waals surface area contributed by atoms with Gasteiger partial charge in [0.05, 0.1) is 6.61 Å². The molecule has 0 bridgehead atoms. The molecular formula is C23H21ClFNO5S. The number of methoxy groups -OCH3 is 1. The van der Waals surface area contributed by atoms with E-state index in [1.54, 1.807) is 48.4 Å². The molecule has 6 nitrogen and oxygen atoms in total. The number of carbonyl (C=O) groups excluding carboxylic acids is 1. The SMILES string of the molecule is COCCN(Cc1ccc(OS(=O)(=O)c2ccc(F)cc2)cc1)C(=O)c1cccc(Cl)c1. The Kier molecular flexibility index (Phi) is 7.84. The van der Waals surface area contributed by atoms with Crippen LogP contribution in [-0.2, 0) is 21.4 Å². The van der Waals surface area contributed by atoms with Crippen LogP contribution in [0.3, 0.4) is 0 Å². The summed E-state index contributed by atoms with van der Waals surface area (Å²) in [6, 6.07) is 17.4. The fraction of sp³-hybridized carbons (Fsp3) is 0.174. The molecule has 3 rings (SSSR count). The fourth-order valence-corrected chi connectivity index (χ4v) is 4.03. The van der Waals surface area contributed by atoms with Crippen LogP contribution in [0.1, 0.15) is 15.9 Å². The fourth-order valence-electron chi connectivity index (χ4n) is 2.90. The van der Waals surface area contributed by atoms with Crippen LogP contribution < -0.4 is 4.18 Å². The molecule has 9 heteroatoms. The van der Waals surface area contributed by atoms with Gasteiger partial charge in [-0.15, -0.1) is 0 Å². The largest absolute Gasteiger partial charge is 0.383 e. The minimum atomic E-state index is -4.09. The highest BCUT2D eigenvalue weighted by atomic mass is 35.5. The number of halogens is 2. The van der Waals surface area contributed by atoms with Crippen molar-refractivity contribution in [3.05, 3.63) is 94.8 Å². The van der Waals surface area contributed by atoms with Crippen molar-refractivity contribution < 1.29 is 26.5 Å². The summed E-state index contributed by atoms with van der Waals surface area (Å²) in [7, 11) is -2.54. The third-order valence-electron chi connectivity index (χ3n) is 4.53. The van der Waals surface area contributed by atoms with Gasteiger partial charge in [0.15, 0.2) is 0 Å². The van der Waals surface area contributed by atoms with E-state index in [0.717, 1.165) is 29.8 Å². The minimum absolute atomic E-state index is 0.0997. The van der Waals surface area contributed by atoms with E-state index >= 15 is 0 Å². The van der Waals surface area contributed by atoms with Crippen LogP contribution in [-0.4, -0.2) is 39.5 Å². The number of rotatable bonds is 9. The molecule has 0 N–H and O–H groups in total. The maximum Gasteiger partial charge on any atom is 0.339 e. The molecule has 1 amide bonds. The summed E-state index contributed by atoms with van der Waals surface area (Å²) < 4.78 is 48.0. The van der Waals surface area contributed by atoms with Crippen LogP contribution in [0.4, 0.5) is 4.39 Å². The molecule has 3 aromatic rings. The monoisotopic (exact) mass is 477 g/mol. The maximum absolute atomic E-state index is 13.0. The van der Waals surface area contributed by atoms with Crippen LogP contribution in [0, 0.1) is 5.82 Å². The van der Waals surface area contributed by atoms with Crippen molar-refractivity contribution in [3.63, 3.8) is 0 Å². The average Bonchev–Trinajstić information content (AvgIpc) is 2.77. The van der Waals surface area contributed by atoms with Crippen molar-refractivity contribution in [2.45, 2.75) is 11.4 Å². The van der Waals surface area contributed by atoms with Crippen molar-refractivity contribution in [3.8, 4) is 5.75 Å². The van der Waals surface area contributed by atoms with Gasteiger partial charge >= 0.3 is 10.1 Å². The van der Waals surface area contributed by atoms with E-state index in [1.165, 1.54) is 12.1 Å². The van der Waals surface area contributed by atoms with E-state index in [-0.39, 0.29) is 23.1 Å². The number of ether oxygens (including phenoxy) is 1. The third kappa shape index (κ3) is 6.29. The second-order valence-electron chi connectivity index (χ2n) is 6.87. The number of nitrogens with zero attached hydrogens (tertiary/aromatic N) is 1. The van der Waals surface area contributed by atoms with Gasteiger partial charge in [-0.2, -0.15) is 8.42 Å². The molecule has 0 atom stereocenters. The molecule has 0 aliphatic carbocycles. The highest BCUT2D eigenvalue weighted by Gasteiger charge is 2.18. The van der Waals surface area contributed by atoms with Crippen LogP contribution in [0.2, 0.25) is 5.02 Å². The van der Waals surface area contributed by atoms with E-state index < -0.39 is 15.9 Å². The van der Waals surface area contributed by atoms with Gasteiger partial charge in [0, 0.05) is 30.8 Å². The quantitative estimate of drug-likeness (QED) is 0.423. The number of amides is 1. The van der Waals surface area contributed by atoms with E-state index in [9.17, 15) is 17.6 Å². The second-order valence-corrected chi connectivity index (χ2v) is 8.85. The summed E-state index contributed by atoms with van der Waals surface area (Å²) in [4.78, 5) is 14.4. The zero-order valence-corrected chi connectivity index (χ0v) is 18.8. The predicted octanol–water partition coefficient (Wildman–Crippen LogP) is 4.54. The van der Waals surface area contributed by atoms with Gasteiger partial charge in [0.1, 0.15) is 16.5 Å². The van der Waals surface area contributed by atoms with Gasteiger partial charge in [-0.25, -0.2) is 4.39 Å². The molecule has 0 saturated heterocycles. The number of hydrogen-bond acceptors (Lipinski definition) is 5. The summed E-state index contributed by atoms with van der Waals surface area (Å²) in [6.45, 7) is 0.988. The van der Waals surface area contributed by atoms with Gasteiger partial charge in [-0.3, -0.25) is 4.79 Å². The van der Waals surface area contributed by atoms with E-state index in [0.29, 0.717) is 23.7 Å². The topological polar surface area (TPSA) is 72.9 Å². The molecule has 168 valence electrons. The molecule has 0 aliphatic heterocycles. The highest BCUT2D eigenvalue weighted by Crippen LogP contribution is 2.21. The molecule has 0 fully saturated rings. The molecular weight excluding hydrogens is 457 g/mol. The Bertz CT molecular complexity index is 1170. The van der Waals surface area contributed by atoms with Crippen molar-refractivity contribution in [2.75, 3.05) is 20.3 Å². The summed E-state index contributed by atoms with van der Waals surface area (Å²) in [5.74, 6) is -0.648. The van der Waals surface area contributed by atoms with Gasteiger partial charge in [0.2, 0.25) is 0 Å². The normalized spacial score (nSPS) is 11.2. The first kappa shape index (κ1) is 23.7. The lowest BCUT2D eigenvalue weighted by molar-refractivity contribution is 0.0680. The van der Waals surface area contributed by atoms with Crippen LogP contribution >= 0.6 is 11.6 Å². The Labute approximate surface area is 191 Å². The molecule has 0 unspecified atom stereocenters. The van der Waals surface area contributed by atoms with Crippen LogP contribution in [0.5, 0.6) is 5.75 Å². The molecule has 0 aromatic heterocycles. The van der Waals surface area contributed by atoms with Crippen molar-refractivity contribution in [2.24, 2.45) is 0 Å². The van der Waals surface area contributed by atoms with Crippen molar-refractivity contribution in [1.29, 1.82) is 0 Å². The molecule has 0 saturated carbocycles. The number of benzene rings is 3. The van der Waals surface area contributed by atoms with E-state index in [4.69, 9.17) is 20.5 Å². The molecule has 0 radical (unpaired) electrons. The first-order valence-electron chi connectivity index (χ1n) is 9.61. The maximum atomic E-state index is 13.0. The second kappa shape index (κ2) is 10.6. The van der Waals surface area contributed by atoms with Gasteiger partial charge in [0.25, 0.3) is 5.91 Å². The third-order valence-corrected chi connectivity index (χ3v) is 6.03. The summed E-state index contributed by atoms with van der Waals surface area (Å²) in [5.41, 5.74) is 1.22. The zero-order chi connectivity index (χ0) is 23.1. The van der Waals surface area contributed by atoms with Crippen molar-refractivity contribution in [1.82, 2.24) is 4.90 Å². The highest BCUT2D eigenvalue weighted by molar-refractivity contribution is 7.87. The Hall–Kier alpha value is -2.94. The lowest BCUT2D eigenvalue weighted by Crippen LogP contribution is -2.33. The Morgan fingerprint density at radius 2 is 1.72 bits per heavy atom. The summed E-state index contributed by atoms with van der Waals surface area (Å²) in [5, 5.41) is 0.464. The lowest BCUT2D eigenvalue weighted by Gasteiger charge is -2.23. The first-order valence-corrected chi connectivity index (χ1v) is 11.4. The molecule has 0 spiro atoms. The van der Waals surface area contributed by atoms with E-state index in [1.807, 2.05) is 0 Å². The van der Waals surface area contributed by atoms with Crippen LogP contribution in [0.25, 0.3) is 0 Å². The smallest absolute Gasteiger partial charge is 0.339 e. The Balaban J connectivity index is 1.73. The molecule has 0 aliphatic rings. The number of carbonyl (C=O) groups is 1. The first-order chi connectivity index (χ1) is 15.3. The molecule has 32 heavy (non-hydrogen) atoms. The minimum Gasteiger partial charge on any atom is -0.383 e. The average molecular weight is 478 g/mol. The van der Waals surface area contributed by atoms with E-state index in [2.05, 4.69) is 0 Å².